The van der Waals surface area contributed by atoms with Crippen molar-refractivity contribution in [2.75, 3.05) is 12.3 Å². The van der Waals surface area contributed by atoms with Gasteiger partial charge < -0.3 is 4.43 Å². The summed E-state index contributed by atoms with van der Waals surface area (Å²) >= 11 is 1.23. The summed E-state index contributed by atoms with van der Waals surface area (Å²) in [6, 6.07) is 0. The highest BCUT2D eigenvalue weighted by molar-refractivity contribution is 8.13. The van der Waals surface area contributed by atoms with Gasteiger partial charge in [-0.15, -0.1) is 0 Å². The molecule has 1 aliphatic heterocycles. The van der Waals surface area contributed by atoms with Crippen molar-refractivity contribution in [2.45, 2.75) is 65.3 Å². The molecule has 1 rings (SSSR count). The Kier molecular flexibility index (Phi) is 6.09. The topological polar surface area (TPSA) is 46.6 Å². The lowest BCUT2D eigenvalue weighted by molar-refractivity contribution is -0.147. The van der Waals surface area contributed by atoms with Gasteiger partial charge in [0.25, 0.3) is 5.24 Å². The van der Waals surface area contributed by atoms with E-state index in [0.29, 0.717) is 6.54 Å². The van der Waals surface area contributed by atoms with Gasteiger partial charge in [-0.05, 0) is 31.5 Å². The normalized spacial score (nSPS) is 21.2. The third-order valence-corrected chi connectivity index (χ3v) is 10.1. The molecule has 2 atom stereocenters. The van der Waals surface area contributed by atoms with E-state index in [9.17, 15) is 9.59 Å². The summed E-state index contributed by atoms with van der Waals surface area (Å²) in [6.45, 7) is 15.4. The fourth-order valence-corrected chi connectivity index (χ4v) is 4.10. The molecule has 0 aromatic carbocycles. The molecule has 1 aliphatic rings. The fraction of sp³-hybridized carbons (Fsp3) is 0.867. The number of hydrogen-bond donors (Lipinski definition) is 0. The number of likely N-dealkylation sites (tertiary alicyclic amines) is 1. The third-order valence-electron chi connectivity index (χ3n) is 4.47. The second-order valence-corrected chi connectivity index (χ2v) is 13.1. The summed E-state index contributed by atoms with van der Waals surface area (Å²) in [5, 5.41) is 0.0122. The maximum absolute atomic E-state index is 12.2. The number of thioether (sulfide) groups is 1. The van der Waals surface area contributed by atoms with E-state index in [2.05, 4.69) is 33.9 Å². The standard InChI is InChI=1S/C15H29NO3SSi/c1-8-9-20-14(18)16-10-12(13(16)17)11(2)19-21(6,7)15(3,4)5/h11-12H,8-10H2,1-7H3/t11-,12+/m1/s1. The van der Waals surface area contributed by atoms with Crippen LogP contribution in [0, 0.1) is 5.92 Å². The molecular formula is C15H29NO3SSi. The number of amides is 2. The molecule has 0 N–H and O–H groups in total. The first-order chi connectivity index (χ1) is 9.51. The Labute approximate surface area is 134 Å². The minimum absolute atomic E-state index is 0.0742. The number of carbonyl (C=O) groups excluding carboxylic acids is 2. The van der Waals surface area contributed by atoms with Crippen LogP contribution in [0.15, 0.2) is 0 Å². The van der Waals surface area contributed by atoms with Crippen LogP contribution in [0.3, 0.4) is 0 Å². The Balaban J connectivity index is 2.55. The van der Waals surface area contributed by atoms with Crippen LogP contribution in [0.25, 0.3) is 0 Å². The second-order valence-electron chi connectivity index (χ2n) is 7.25. The van der Waals surface area contributed by atoms with Gasteiger partial charge in [-0.25, -0.2) is 0 Å². The zero-order valence-corrected chi connectivity index (χ0v) is 16.2. The first-order valence-corrected chi connectivity index (χ1v) is 11.6. The molecule has 0 aromatic heterocycles. The summed E-state index contributed by atoms with van der Waals surface area (Å²) in [7, 11) is -1.87. The monoisotopic (exact) mass is 331 g/mol. The lowest BCUT2D eigenvalue weighted by Gasteiger charge is -2.44. The lowest BCUT2D eigenvalue weighted by Crippen LogP contribution is -2.60. The predicted molar refractivity (Wildman–Crippen MR) is 91.1 cm³/mol. The van der Waals surface area contributed by atoms with Crippen molar-refractivity contribution in [1.29, 1.82) is 0 Å². The maximum Gasteiger partial charge on any atom is 0.288 e. The molecule has 0 aromatic rings. The molecule has 0 spiro atoms. The average Bonchev–Trinajstić information content (AvgIpc) is 2.32. The van der Waals surface area contributed by atoms with Gasteiger partial charge >= 0.3 is 0 Å². The van der Waals surface area contributed by atoms with Gasteiger partial charge in [-0.3, -0.25) is 14.5 Å². The minimum atomic E-state index is -1.87. The van der Waals surface area contributed by atoms with Crippen molar-refractivity contribution in [3.8, 4) is 0 Å². The molecule has 0 unspecified atom stereocenters. The van der Waals surface area contributed by atoms with Crippen molar-refractivity contribution < 1.29 is 14.0 Å². The minimum Gasteiger partial charge on any atom is -0.413 e. The van der Waals surface area contributed by atoms with Crippen LogP contribution in [0.4, 0.5) is 4.79 Å². The molecule has 0 saturated carbocycles. The molecule has 1 fully saturated rings. The van der Waals surface area contributed by atoms with Crippen LogP contribution in [0.1, 0.15) is 41.0 Å². The Morgan fingerprint density at radius 3 is 2.48 bits per heavy atom. The highest BCUT2D eigenvalue weighted by Gasteiger charge is 2.47. The van der Waals surface area contributed by atoms with Crippen molar-refractivity contribution in [3.63, 3.8) is 0 Å². The van der Waals surface area contributed by atoms with Crippen LogP contribution in [-0.4, -0.2) is 42.8 Å². The number of imide groups is 1. The van der Waals surface area contributed by atoms with Gasteiger partial charge in [0.05, 0.1) is 12.0 Å². The molecule has 0 radical (unpaired) electrons. The highest BCUT2D eigenvalue weighted by Crippen LogP contribution is 2.39. The van der Waals surface area contributed by atoms with E-state index in [1.807, 2.05) is 13.8 Å². The molecule has 21 heavy (non-hydrogen) atoms. The van der Waals surface area contributed by atoms with Crippen LogP contribution in [0.2, 0.25) is 18.1 Å². The van der Waals surface area contributed by atoms with Crippen molar-refractivity contribution in [1.82, 2.24) is 4.90 Å². The molecule has 2 amide bonds. The Morgan fingerprint density at radius 2 is 2.05 bits per heavy atom. The van der Waals surface area contributed by atoms with E-state index in [0.717, 1.165) is 12.2 Å². The first-order valence-electron chi connectivity index (χ1n) is 7.67. The Morgan fingerprint density at radius 1 is 1.48 bits per heavy atom. The number of hydrogen-bond acceptors (Lipinski definition) is 4. The summed E-state index contributed by atoms with van der Waals surface area (Å²) in [5.41, 5.74) is 0. The van der Waals surface area contributed by atoms with Gasteiger partial charge in [0.1, 0.15) is 0 Å². The number of rotatable bonds is 5. The van der Waals surface area contributed by atoms with Crippen LogP contribution in [-0.2, 0) is 9.22 Å². The Hall–Kier alpha value is -0.333. The van der Waals surface area contributed by atoms with E-state index in [1.54, 1.807) is 0 Å². The van der Waals surface area contributed by atoms with E-state index < -0.39 is 8.32 Å². The first kappa shape index (κ1) is 18.7. The fourth-order valence-electron chi connectivity index (χ4n) is 1.96. The van der Waals surface area contributed by atoms with E-state index in [1.165, 1.54) is 16.7 Å². The van der Waals surface area contributed by atoms with Gasteiger partial charge in [-0.1, -0.05) is 39.5 Å². The number of carbonyl (C=O) groups is 2. The largest absolute Gasteiger partial charge is 0.413 e. The van der Waals surface area contributed by atoms with Crippen molar-refractivity contribution >= 4 is 31.2 Å². The van der Waals surface area contributed by atoms with Crippen LogP contribution in [0.5, 0.6) is 0 Å². The van der Waals surface area contributed by atoms with Gasteiger partial charge in [0, 0.05) is 12.3 Å². The summed E-state index contributed by atoms with van der Waals surface area (Å²) < 4.78 is 6.26. The van der Waals surface area contributed by atoms with Crippen LogP contribution >= 0.6 is 11.8 Å². The van der Waals surface area contributed by atoms with Crippen molar-refractivity contribution in [2.24, 2.45) is 5.92 Å². The Bertz CT molecular complexity index is 406. The average molecular weight is 332 g/mol. The molecule has 122 valence electrons. The molecule has 4 nitrogen and oxygen atoms in total. The number of β-lactam (4-membered cyclic amide) rings is 1. The smallest absolute Gasteiger partial charge is 0.288 e. The molecule has 1 saturated heterocycles. The van der Waals surface area contributed by atoms with E-state index >= 15 is 0 Å². The summed E-state index contributed by atoms with van der Waals surface area (Å²) in [4.78, 5) is 25.4. The van der Waals surface area contributed by atoms with E-state index in [-0.39, 0.29) is 28.2 Å². The third kappa shape index (κ3) is 4.33. The zero-order valence-electron chi connectivity index (χ0n) is 14.4. The molecule has 1 heterocycles. The molecule has 0 aliphatic carbocycles. The van der Waals surface area contributed by atoms with E-state index in [4.69, 9.17) is 4.43 Å². The molecule has 0 bridgehead atoms. The van der Waals surface area contributed by atoms with Crippen LogP contribution < -0.4 is 0 Å². The summed E-state index contributed by atoms with van der Waals surface area (Å²) in [6.07, 6.45) is 0.825. The molecular weight excluding hydrogens is 302 g/mol. The van der Waals surface area contributed by atoms with Crippen molar-refractivity contribution in [3.05, 3.63) is 0 Å². The van der Waals surface area contributed by atoms with Gasteiger partial charge in [-0.2, -0.15) is 0 Å². The summed E-state index contributed by atoms with van der Waals surface area (Å²) in [5.74, 6) is 0.531. The second kappa shape index (κ2) is 6.83. The lowest BCUT2D eigenvalue weighted by atomic mass is 9.94. The maximum atomic E-state index is 12.2. The highest BCUT2D eigenvalue weighted by atomic mass is 32.2. The number of nitrogens with zero attached hydrogens (tertiary/aromatic N) is 1. The zero-order chi connectivity index (χ0) is 16.4. The quantitative estimate of drug-likeness (QED) is 0.561. The van der Waals surface area contributed by atoms with Gasteiger partial charge in [0.2, 0.25) is 5.91 Å². The predicted octanol–water partition coefficient (Wildman–Crippen LogP) is 4.12. The SMILES string of the molecule is CCCSC(=O)N1C[C@@H]([C@@H](C)O[Si](C)(C)C(C)(C)C)C1=O. The van der Waals surface area contributed by atoms with Gasteiger partial charge in [0.15, 0.2) is 8.32 Å². The molecule has 6 heteroatoms.